The topological polar surface area (TPSA) is 80.0 Å². The van der Waals surface area contributed by atoms with Crippen LogP contribution >= 0.6 is 0 Å². The maximum Gasteiger partial charge on any atom is 0.253 e. The molecular weight excluding hydrogens is 383 g/mol. The Bertz CT molecular complexity index is 1060. The maximum absolute atomic E-state index is 14.1. The third kappa shape index (κ3) is 3.94. The second kappa shape index (κ2) is 7.80. The van der Waals surface area contributed by atoms with Crippen molar-refractivity contribution in [1.82, 2.24) is 20.1 Å². The van der Waals surface area contributed by atoms with Crippen molar-refractivity contribution in [3.63, 3.8) is 0 Å². The van der Waals surface area contributed by atoms with Crippen LogP contribution in [0.4, 0.5) is 4.39 Å². The molecule has 0 aliphatic heterocycles. The number of aromatic nitrogens is 3. The Morgan fingerprint density at radius 2 is 1.93 bits per heavy atom. The number of carbonyl (C=O) groups is 1. The molecule has 1 aliphatic carbocycles. The van der Waals surface area contributed by atoms with Crippen molar-refractivity contribution in [2.24, 2.45) is 5.92 Å². The summed E-state index contributed by atoms with van der Waals surface area (Å²) in [6.45, 7) is 5.46. The fraction of sp³-hybridized carbons (Fsp3) is 0.435. The Labute approximate surface area is 175 Å². The number of benzene rings is 1. The zero-order chi connectivity index (χ0) is 21.5. The van der Waals surface area contributed by atoms with Crippen LogP contribution in [0.1, 0.15) is 55.6 Å². The van der Waals surface area contributed by atoms with Crippen LogP contribution in [0.25, 0.3) is 16.7 Å². The first kappa shape index (κ1) is 20.5. The Morgan fingerprint density at radius 1 is 1.20 bits per heavy atom. The average Bonchev–Trinajstić information content (AvgIpc) is 3.06. The number of carbonyl (C=O) groups excluding carboxylic acids is 1. The van der Waals surface area contributed by atoms with Gasteiger partial charge in [0.05, 0.1) is 27.8 Å². The van der Waals surface area contributed by atoms with Gasteiger partial charge in [-0.3, -0.25) is 4.79 Å². The van der Waals surface area contributed by atoms with Gasteiger partial charge in [-0.05, 0) is 76.6 Å². The first-order valence-electron chi connectivity index (χ1n) is 10.4. The highest BCUT2D eigenvalue weighted by Crippen LogP contribution is 2.32. The van der Waals surface area contributed by atoms with Crippen LogP contribution in [0.15, 0.2) is 36.5 Å². The minimum Gasteiger partial charge on any atom is -0.390 e. The van der Waals surface area contributed by atoms with Gasteiger partial charge >= 0.3 is 0 Å². The molecule has 3 aromatic rings. The largest absolute Gasteiger partial charge is 0.390 e. The van der Waals surface area contributed by atoms with Gasteiger partial charge in [0.15, 0.2) is 5.82 Å². The number of nitrogens with zero attached hydrogens (tertiary/aromatic N) is 3. The van der Waals surface area contributed by atoms with E-state index < -0.39 is 5.60 Å². The van der Waals surface area contributed by atoms with Crippen LogP contribution in [-0.4, -0.2) is 37.4 Å². The number of aryl methyl sites for hydroxylation is 1. The Morgan fingerprint density at radius 3 is 2.57 bits per heavy atom. The lowest BCUT2D eigenvalue weighted by molar-refractivity contribution is -0.00257. The normalized spacial score (nSPS) is 19.8. The Kier molecular flexibility index (Phi) is 5.32. The first-order chi connectivity index (χ1) is 14.2. The van der Waals surface area contributed by atoms with Crippen LogP contribution in [-0.2, 0) is 0 Å². The Hall–Kier alpha value is -2.80. The number of hydrogen-bond donors (Lipinski definition) is 2. The minimum atomic E-state index is -0.674. The SMILES string of the molecule is Cc1nn(-c2ccc(C(=O)NC3CCC(C(C)(C)O)CC3)cn2)c2cccc(F)c12. The molecule has 1 saturated carbocycles. The fourth-order valence-electron chi connectivity index (χ4n) is 4.33. The predicted molar refractivity (Wildman–Crippen MR) is 113 cm³/mol. The van der Waals surface area contributed by atoms with Gasteiger partial charge in [0.25, 0.3) is 5.91 Å². The van der Waals surface area contributed by atoms with Gasteiger partial charge in [-0.25, -0.2) is 14.1 Å². The molecule has 2 N–H and O–H groups in total. The molecule has 1 amide bonds. The smallest absolute Gasteiger partial charge is 0.253 e. The first-order valence-corrected chi connectivity index (χ1v) is 10.4. The summed E-state index contributed by atoms with van der Waals surface area (Å²) in [7, 11) is 0. The molecule has 6 nitrogen and oxygen atoms in total. The summed E-state index contributed by atoms with van der Waals surface area (Å²) in [5.74, 6) is 0.324. The molecule has 30 heavy (non-hydrogen) atoms. The standard InChI is InChI=1S/C23H27FN4O2/c1-14-21-18(24)5-4-6-19(21)28(27-14)20-12-7-15(13-25-20)22(29)26-17-10-8-16(9-11-17)23(2,3)30/h4-7,12-13,16-17,30H,8-11H2,1-3H3,(H,26,29). The minimum absolute atomic E-state index is 0.108. The third-order valence-corrected chi connectivity index (χ3v) is 6.12. The summed E-state index contributed by atoms with van der Waals surface area (Å²) in [6, 6.07) is 8.39. The second-order valence-electron chi connectivity index (χ2n) is 8.71. The summed E-state index contributed by atoms with van der Waals surface area (Å²) in [6.07, 6.45) is 5.03. The van der Waals surface area contributed by atoms with E-state index >= 15 is 0 Å². The van der Waals surface area contributed by atoms with Crippen molar-refractivity contribution in [3.05, 3.63) is 53.6 Å². The molecule has 0 bridgehead atoms. The van der Waals surface area contributed by atoms with Gasteiger partial charge < -0.3 is 10.4 Å². The van der Waals surface area contributed by atoms with Crippen molar-refractivity contribution in [3.8, 4) is 5.82 Å². The number of nitrogens with one attached hydrogen (secondary N) is 1. The van der Waals surface area contributed by atoms with Gasteiger partial charge in [-0.2, -0.15) is 5.10 Å². The van der Waals surface area contributed by atoms with Crippen molar-refractivity contribution >= 4 is 16.8 Å². The van der Waals surface area contributed by atoms with Crippen molar-refractivity contribution in [2.45, 2.75) is 58.1 Å². The molecule has 1 aromatic carbocycles. The zero-order valence-corrected chi connectivity index (χ0v) is 17.5. The summed E-state index contributed by atoms with van der Waals surface area (Å²) in [5, 5.41) is 18.1. The summed E-state index contributed by atoms with van der Waals surface area (Å²) in [4.78, 5) is 17.0. The highest BCUT2D eigenvalue weighted by Gasteiger charge is 2.31. The van der Waals surface area contributed by atoms with E-state index in [-0.39, 0.29) is 23.7 Å². The monoisotopic (exact) mass is 410 g/mol. The van der Waals surface area contributed by atoms with Crippen LogP contribution in [0.2, 0.25) is 0 Å². The van der Waals surface area contributed by atoms with Crippen molar-refractivity contribution in [2.75, 3.05) is 0 Å². The summed E-state index contributed by atoms with van der Waals surface area (Å²) in [5.41, 5.74) is 1.03. The second-order valence-corrected chi connectivity index (χ2v) is 8.71. The van der Waals surface area contributed by atoms with E-state index in [1.165, 1.54) is 12.3 Å². The van der Waals surface area contributed by atoms with E-state index in [1.807, 2.05) is 13.8 Å². The van der Waals surface area contributed by atoms with Crippen molar-refractivity contribution in [1.29, 1.82) is 0 Å². The van der Waals surface area contributed by atoms with Crippen LogP contribution in [0.5, 0.6) is 0 Å². The van der Waals surface area contributed by atoms with Gasteiger partial charge in [-0.15, -0.1) is 0 Å². The molecule has 7 heteroatoms. The van der Waals surface area contributed by atoms with E-state index in [1.54, 1.807) is 35.9 Å². The van der Waals surface area contributed by atoms with Crippen molar-refractivity contribution < 1.29 is 14.3 Å². The van der Waals surface area contributed by atoms with Gasteiger partial charge in [0.1, 0.15) is 5.82 Å². The van der Waals surface area contributed by atoms with Gasteiger partial charge in [-0.1, -0.05) is 6.07 Å². The van der Waals surface area contributed by atoms with E-state index in [4.69, 9.17) is 0 Å². The molecule has 4 rings (SSSR count). The van der Waals surface area contributed by atoms with Gasteiger partial charge in [0, 0.05) is 12.2 Å². The predicted octanol–water partition coefficient (Wildman–Crippen LogP) is 3.93. The molecule has 0 unspecified atom stereocenters. The number of pyridine rings is 1. The molecule has 1 aliphatic rings. The highest BCUT2D eigenvalue weighted by molar-refractivity contribution is 5.94. The number of fused-ring (bicyclic) bond motifs is 1. The molecule has 0 atom stereocenters. The number of amides is 1. The maximum atomic E-state index is 14.1. The van der Waals surface area contributed by atoms with E-state index in [0.717, 1.165) is 25.7 Å². The Balaban J connectivity index is 1.46. The number of aliphatic hydroxyl groups is 1. The molecule has 2 aromatic heterocycles. The summed E-state index contributed by atoms with van der Waals surface area (Å²) < 4.78 is 15.7. The molecule has 0 spiro atoms. The lowest BCUT2D eigenvalue weighted by Gasteiger charge is -2.36. The molecule has 1 fully saturated rings. The molecule has 2 heterocycles. The molecular formula is C23H27FN4O2. The number of hydrogen-bond acceptors (Lipinski definition) is 4. The van der Waals surface area contributed by atoms with E-state index in [2.05, 4.69) is 15.4 Å². The van der Waals surface area contributed by atoms with Crippen LogP contribution < -0.4 is 5.32 Å². The van der Waals surface area contributed by atoms with Crippen LogP contribution in [0, 0.1) is 18.7 Å². The zero-order valence-electron chi connectivity index (χ0n) is 17.5. The lowest BCUT2D eigenvalue weighted by atomic mass is 9.77. The number of rotatable bonds is 4. The molecule has 0 saturated heterocycles. The van der Waals surface area contributed by atoms with Gasteiger partial charge in [0.2, 0.25) is 0 Å². The highest BCUT2D eigenvalue weighted by atomic mass is 19.1. The fourth-order valence-corrected chi connectivity index (χ4v) is 4.33. The average molecular weight is 410 g/mol. The summed E-state index contributed by atoms with van der Waals surface area (Å²) >= 11 is 0. The molecule has 158 valence electrons. The third-order valence-electron chi connectivity index (χ3n) is 6.12. The quantitative estimate of drug-likeness (QED) is 0.683. The van der Waals surface area contributed by atoms with Crippen LogP contribution in [0.3, 0.4) is 0 Å². The van der Waals surface area contributed by atoms with E-state index in [9.17, 15) is 14.3 Å². The number of halogens is 1. The van der Waals surface area contributed by atoms with E-state index in [0.29, 0.717) is 28.0 Å². The lowest BCUT2D eigenvalue weighted by Crippen LogP contribution is -2.41. The molecule has 0 radical (unpaired) electrons.